The van der Waals surface area contributed by atoms with E-state index in [9.17, 15) is 15.0 Å². The average Bonchev–Trinajstić information content (AvgIpc) is 2.73. The number of aliphatic hydroxyl groups is 1. The van der Waals surface area contributed by atoms with Crippen LogP contribution in [0.1, 0.15) is 65.7 Å². The molecule has 0 heterocycles. The second-order valence-corrected chi connectivity index (χ2v) is 5.71. The Morgan fingerprint density at radius 3 is 2.29 bits per heavy atom. The molecule has 0 radical (unpaired) electrons. The Morgan fingerprint density at radius 1 is 1.35 bits per heavy atom. The van der Waals surface area contributed by atoms with E-state index in [2.05, 4.69) is 6.92 Å². The lowest BCUT2D eigenvalue weighted by Gasteiger charge is -2.35. The van der Waals surface area contributed by atoms with Crippen LogP contribution in [0.15, 0.2) is 0 Å². The Hall–Kier alpha value is -0.570. The van der Waals surface area contributed by atoms with Crippen molar-refractivity contribution in [3.05, 3.63) is 0 Å². The van der Waals surface area contributed by atoms with E-state index in [1.165, 1.54) is 0 Å². The van der Waals surface area contributed by atoms with Crippen LogP contribution in [-0.2, 0) is 4.79 Å². The maximum absolute atomic E-state index is 11.6. The summed E-state index contributed by atoms with van der Waals surface area (Å²) in [4.78, 5) is 11.6. The molecule has 2 atom stereocenters. The Balaban J connectivity index is 2.84. The maximum atomic E-state index is 11.6. The van der Waals surface area contributed by atoms with Gasteiger partial charge >= 0.3 is 5.97 Å². The van der Waals surface area contributed by atoms with Crippen molar-refractivity contribution in [3.63, 3.8) is 0 Å². The number of hydrogen-bond donors (Lipinski definition) is 2. The van der Waals surface area contributed by atoms with Crippen LogP contribution < -0.4 is 0 Å². The molecular formula is C14H26O3. The van der Waals surface area contributed by atoms with E-state index in [4.69, 9.17) is 0 Å². The molecule has 0 aromatic rings. The first-order valence-electron chi connectivity index (χ1n) is 6.87. The molecule has 2 N–H and O–H groups in total. The number of hydrogen-bond acceptors (Lipinski definition) is 2. The van der Waals surface area contributed by atoms with E-state index in [1.807, 2.05) is 13.8 Å². The van der Waals surface area contributed by atoms with Gasteiger partial charge in [0.2, 0.25) is 0 Å². The highest BCUT2D eigenvalue weighted by molar-refractivity contribution is 5.75. The fraction of sp³-hybridized carbons (Fsp3) is 0.929. The standard InChI is InChI=1S/C14H26O3/c1-4-11-7-8-13(9-11,12(15)16)10-14(17,5-2)6-3/h11,17H,4-10H2,1-3H3,(H,15,16). The van der Waals surface area contributed by atoms with Crippen LogP contribution >= 0.6 is 0 Å². The van der Waals surface area contributed by atoms with Crippen LogP contribution in [0, 0.1) is 11.3 Å². The predicted octanol–water partition coefficient (Wildman–Crippen LogP) is 3.21. The van der Waals surface area contributed by atoms with Gasteiger partial charge in [0.25, 0.3) is 0 Å². The Labute approximate surface area is 104 Å². The van der Waals surface area contributed by atoms with Crippen LogP contribution in [0.25, 0.3) is 0 Å². The molecule has 3 heteroatoms. The SMILES string of the molecule is CCC1CCC(CC(O)(CC)CC)(C(=O)O)C1. The number of carboxylic acids is 1. The molecule has 1 aliphatic rings. The van der Waals surface area contributed by atoms with Crippen LogP contribution in [0.4, 0.5) is 0 Å². The van der Waals surface area contributed by atoms with Gasteiger partial charge < -0.3 is 10.2 Å². The fourth-order valence-electron chi connectivity index (χ4n) is 3.15. The van der Waals surface area contributed by atoms with E-state index in [0.717, 1.165) is 25.7 Å². The topological polar surface area (TPSA) is 57.5 Å². The van der Waals surface area contributed by atoms with Gasteiger partial charge in [0.15, 0.2) is 0 Å². The first kappa shape index (κ1) is 14.5. The van der Waals surface area contributed by atoms with Gasteiger partial charge in [-0.05, 0) is 44.4 Å². The summed E-state index contributed by atoms with van der Waals surface area (Å²) in [5.74, 6) is -0.196. The number of rotatable bonds is 6. The molecule has 0 bridgehead atoms. The molecule has 0 amide bonds. The molecule has 3 nitrogen and oxygen atoms in total. The predicted molar refractivity (Wildman–Crippen MR) is 67.8 cm³/mol. The Kier molecular flexibility index (Phi) is 4.59. The van der Waals surface area contributed by atoms with Gasteiger partial charge in [-0.1, -0.05) is 27.2 Å². The summed E-state index contributed by atoms with van der Waals surface area (Å²) in [5, 5.41) is 19.9. The highest BCUT2D eigenvalue weighted by atomic mass is 16.4. The van der Waals surface area contributed by atoms with Gasteiger partial charge in [-0.3, -0.25) is 4.79 Å². The summed E-state index contributed by atoms with van der Waals surface area (Å²) in [6, 6.07) is 0. The molecular weight excluding hydrogens is 216 g/mol. The molecule has 2 unspecified atom stereocenters. The lowest BCUT2D eigenvalue weighted by atomic mass is 9.73. The molecule has 1 fully saturated rings. The van der Waals surface area contributed by atoms with Crippen molar-refractivity contribution in [1.82, 2.24) is 0 Å². The minimum absolute atomic E-state index is 0.416. The van der Waals surface area contributed by atoms with E-state index in [0.29, 0.717) is 25.2 Å². The monoisotopic (exact) mass is 242 g/mol. The molecule has 0 saturated heterocycles. The van der Waals surface area contributed by atoms with E-state index in [-0.39, 0.29) is 0 Å². The van der Waals surface area contributed by atoms with E-state index >= 15 is 0 Å². The van der Waals surface area contributed by atoms with Crippen molar-refractivity contribution in [1.29, 1.82) is 0 Å². The smallest absolute Gasteiger partial charge is 0.309 e. The van der Waals surface area contributed by atoms with Crippen LogP contribution in [-0.4, -0.2) is 21.8 Å². The molecule has 0 aliphatic heterocycles. The summed E-state index contributed by atoms with van der Waals surface area (Å²) in [6.07, 6.45) is 5.19. The van der Waals surface area contributed by atoms with Gasteiger partial charge in [0.05, 0.1) is 11.0 Å². The van der Waals surface area contributed by atoms with Crippen LogP contribution in [0.3, 0.4) is 0 Å². The highest BCUT2D eigenvalue weighted by Crippen LogP contribution is 2.49. The first-order valence-corrected chi connectivity index (χ1v) is 6.87. The minimum atomic E-state index is -0.805. The third-order valence-electron chi connectivity index (χ3n) is 4.73. The average molecular weight is 242 g/mol. The van der Waals surface area contributed by atoms with Gasteiger partial charge in [-0.15, -0.1) is 0 Å². The summed E-state index contributed by atoms with van der Waals surface area (Å²) in [6.45, 7) is 5.99. The molecule has 100 valence electrons. The van der Waals surface area contributed by atoms with Gasteiger partial charge in [-0.2, -0.15) is 0 Å². The second-order valence-electron chi connectivity index (χ2n) is 5.71. The molecule has 0 spiro atoms. The zero-order valence-electron chi connectivity index (χ0n) is 11.3. The highest BCUT2D eigenvalue weighted by Gasteiger charge is 2.48. The van der Waals surface area contributed by atoms with Gasteiger partial charge in [0.1, 0.15) is 0 Å². The third-order valence-corrected chi connectivity index (χ3v) is 4.73. The first-order chi connectivity index (χ1) is 7.91. The van der Waals surface area contributed by atoms with Crippen LogP contribution in [0.2, 0.25) is 0 Å². The maximum Gasteiger partial charge on any atom is 0.309 e. The molecule has 1 saturated carbocycles. The number of carboxylic acid groups (broad SMARTS) is 1. The summed E-state index contributed by atoms with van der Waals surface area (Å²) >= 11 is 0. The lowest BCUT2D eigenvalue weighted by Crippen LogP contribution is -2.39. The molecule has 17 heavy (non-hydrogen) atoms. The number of aliphatic carboxylic acids is 1. The third kappa shape index (κ3) is 3.01. The molecule has 0 aromatic heterocycles. The zero-order valence-corrected chi connectivity index (χ0v) is 11.3. The van der Waals surface area contributed by atoms with Crippen molar-refractivity contribution in [2.75, 3.05) is 0 Å². The van der Waals surface area contributed by atoms with Gasteiger partial charge in [-0.25, -0.2) is 0 Å². The fourth-order valence-corrected chi connectivity index (χ4v) is 3.15. The van der Waals surface area contributed by atoms with Gasteiger partial charge in [0, 0.05) is 0 Å². The van der Waals surface area contributed by atoms with Crippen molar-refractivity contribution < 1.29 is 15.0 Å². The zero-order chi connectivity index (χ0) is 13.1. The van der Waals surface area contributed by atoms with Crippen molar-refractivity contribution in [2.24, 2.45) is 11.3 Å². The van der Waals surface area contributed by atoms with E-state index in [1.54, 1.807) is 0 Å². The van der Waals surface area contributed by atoms with Crippen LogP contribution in [0.5, 0.6) is 0 Å². The summed E-state index contributed by atoms with van der Waals surface area (Å²) < 4.78 is 0. The Morgan fingerprint density at radius 2 is 1.94 bits per heavy atom. The summed E-state index contributed by atoms with van der Waals surface area (Å²) in [7, 11) is 0. The molecule has 1 aliphatic carbocycles. The molecule has 0 aromatic carbocycles. The minimum Gasteiger partial charge on any atom is -0.481 e. The van der Waals surface area contributed by atoms with Crippen molar-refractivity contribution in [3.8, 4) is 0 Å². The normalized spacial score (nSPS) is 29.5. The largest absolute Gasteiger partial charge is 0.481 e. The summed E-state index contributed by atoms with van der Waals surface area (Å²) in [5.41, 5.74) is -1.48. The van der Waals surface area contributed by atoms with E-state index < -0.39 is 17.0 Å². The Bertz CT molecular complexity index is 271. The molecule has 1 rings (SSSR count). The number of carbonyl (C=O) groups is 1. The quantitative estimate of drug-likeness (QED) is 0.752. The van der Waals surface area contributed by atoms with Crippen molar-refractivity contribution in [2.45, 2.75) is 71.3 Å². The lowest BCUT2D eigenvalue weighted by molar-refractivity contribution is -0.153. The van der Waals surface area contributed by atoms with Crippen molar-refractivity contribution >= 4 is 5.97 Å². The second kappa shape index (κ2) is 5.38.